The van der Waals surface area contributed by atoms with E-state index >= 15 is 0 Å². The van der Waals surface area contributed by atoms with E-state index in [1.807, 2.05) is 60.9 Å². The minimum atomic E-state index is -0.114. The van der Waals surface area contributed by atoms with Crippen LogP contribution in [-0.2, 0) is 6.54 Å². The van der Waals surface area contributed by atoms with E-state index in [0.717, 1.165) is 41.5 Å². The van der Waals surface area contributed by atoms with Crippen LogP contribution < -0.4 is 15.0 Å². The molecule has 3 aromatic rings. The molecule has 4 rings (SSSR count). The van der Waals surface area contributed by atoms with E-state index in [9.17, 15) is 4.79 Å². The lowest BCUT2D eigenvalue weighted by molar-refractivity contribution is 0.0951. The molecule has 1 fully saturated rings. The third-order valence-electron chi connectivity index (χ3n) is 5.10. The van der Waals surface area contributed by atoms with Gasteiger partial charge in [0.1, 0.15) is 5.75 Å². The molecule has 1 aliphatic heterocycles. The molecule has 1 N–H and O–H groups in total. The monoisotopic (exact) mass is 388 g/mol. The van der Waals surface area contributed by atoms with Gasteiger partial charge in [0, 0.05) is 43.2 Å². The molecule has 6 nitrogen and oxygen atoms in total. The van der Waals surface area contributed by atoms with Crippen LogP contribution in [0.1, 0.15) is 28.8 Å². The van der Waals surface area contributed by atoms with Crippen molar-refractivity contribution in [3.8, 4) is 16.9 Å². The number of hydrogen-bond donors (Lipinski definition) is 1. The van der Waals surface area contributed by atoms with Crippen molar-refractivity contribution in [3.05, 3.63) is 72.1 Å². The van der Waals surface area contributed by atoms with E-state index < -0.39 is 0 Å². The highest BCUT2D eigenvalue weighted by molar-refractivity contribution is 5.95. The summed E-state index contributed by atoms with van der Waals surface area (Å²) in [6, 6.07) is 15.2. The maximum absolute atomic E-state index is 12.6. The normalized spacial score (nSPS) is 13.3. The third-order valence-corrected chi connectivity index (χ3v) is 5.10. The first kappa shape index (κ1) is 18.9. The zero-order valence-corrected chi connectivity index (χ0v) is 16.5. The van der Waals surface area contributed by atoms with Crippen LogP contribution in [0.2, 0.25) is 0 Å². The van der Waals surface area contributed by atoms with Gasteiger partial charge in [0.2, 0.25) is 5.95 Å². The second-order valence-corrected chi connectivity index (χ2v) is 7.08. The Labute approximate surface area is 170 Å². The average molecular weight is 388 g/mol. The summed E-state index contributed by atoms with van der Waals surface area (Å²) in [6.07, 6.45) is 6.04. The molecule has 1 amide bonds. The van der Waals surface area contributed by atoms with Crippen LogP contribution in [0.15, 0.2) is 60.9 Å². The summed E-state index contributed by atoms with van der Waals surface area (Å²) in [4.78, 5) is 23.8. The molecule has 0 unspecified atom stereocenters. The Hall–Kier alpha value is -3.41. The van der Waals surface area contributed by atoms with E-state index in [4.69, 9.17) is 4.74 Å². The lowest BCUT2D eigenvalue weighted by atomic mass is 10.1. The maximum Gasteiger partial charge on any atom is 0.251 e. The molecule has 0 spiro atoms. The first-order valence-corrected chi connectivity index (χ1v) is 9.81. The number of nitrogens with one attached hydrogen (secondary N) is 1. The molecule has 1 saturated heterocycles. The Bertz CT molecular complexity index is 965. The highest BCUT2D eigenvalue weighted by Gasteiger charge is 2.15. The van der Waals surface area contributed by atoms with E-state index in [0.29, 0.717) is 12.1 Å². The van der Waals surface area contributed by atoms with Gasteiger partial charge < -0.3 is 15.0 Å². The number of ether oxygens (including phenoxy) is 1. The number of nitrogens with zero attached hydrogens (tertiary/aromatic N) is 3. The van der Waals surface area contributed by atoms with Gasteiger partial charge in [0.25, 0.3) is 5.91 Å². The molecule has 148 valence electrons. The van der Waals surface area contributed by atoms with Crippen molar-refractivity contribution >= 4 is 11.9 Å². The van der Waals surface area contributed by atoms with Crippen molar-refractivity contribution in [2.24, 2.45) is 0 Å². The number of amides is 1. The Morgan fingerprint density at radius 3 is 2.45 bits per heavy atom. The summed E-state index contributed by atoms with van der Waals surface area (Å²) in [5.74, 6) is 1.46. The summed E-state index contributed by atoms with van der Waals surface area (Å²) in [6.45, 7) is 2.49. The van der Waals surface area contributed by atoms with E-state index in [1.54, 1.807) is 7.11 Å². The van der Waals surface area contributed by atoms with Crippen LogP contribution in [0.5, 0.6) is 5.75 Å². The molecule has 0 bridgehead atoms. The number of hydrogen-bond acceptors (Lipinski definition) is 5. The quantitative estimate of drug-likeness (QED) is 0.698. The number of aromatic nitrogens is 2. The minimum Gasteiger partial charge on any atom is -0.497 e. The third kappa shape index (κ3) is 4.54. The van der Waals surface area contributed by atoms with Crippen LogP contribution in [0.4, 0.5) is 5.95 Å². The van der Waals surface area contributed by atoms with Crippen LogP contribution in [0.25, 0.3) is 11.1 Å². The van der Waals surface area contributed by atoms with Gasteiger partial charge in [-0.2, -0.15) is 0 Å². The Morgan fingerprint density at radius 2 is 1.76 bits per heavy atom. The fourth-order valence-corrected chi connectivity index (χ4v) is 3.42. The van der Waals surface area contributed by atoms with Gasteiger partial charge in [0.15, 0.2) is 0 Å². The van der Waals surface area contributed by atoms with Gasteiger partial charge in [-0.3, -0.25) is 4.79 Å². The van der Waals surface area contributed by atoms with Crippen LogP contribution in [0, 0.1) is 0 Å². The molecule has 0 radical (unpaired) electrons. The summed E-state index contributed by atoms with van der Waals surface area (Å²) >= 11 is 0. The predicted octanol–water partition coefficient (Wildman–Crippen LogP) is 3.68. The molecule has 2 heterocycles. The van der Waals surface area contributed by atoms with Crippen LogP contribution >= 0.6 is 0 Å². The zero-order chi connectivity index (χ0) is 20.1. The predicted molar refractivity (Wildman–Crippen MR) is 113 cm³/mol. The number of rotatable bonds is 6. The maximum atomic E-state index is 12.6. The number of methoxy groups -OCH3 is 1. The van der Waals surface area contributed by atoms with Gasteiger partial charge in [-0.05, 0) is 48.2 Å². The molecular formula is C23H24N4O2. The summed E-state index contributed by atoms with van der Waals surface area (Å²) in [5, 5.41) is 2.96. The molecule has 1 aliphatic rings. The van der Waals surface area contributed by atoms with Crippen molar-refractivity contribution in [1.82, 2.24) is 15.3 Å². The topological polar surface area (TPSA) is 67.3 Å². The summed E-state index contributed by atoms with van der Waals surface area (Å²) < 4.78 is 5.16. The molecular weight excluding hydrogens is 364 g/mol. The van der Waals surface area contributed by atoms with E-state index in [2.05, 4.69) is 20.2 Å². The second-order valence-electron chi connectivity index (χ2n) is 7.08. The highest BCUT2D eigenvalue weighted by atomic mass is 16.5. The van der Waals surface area contributed by atoms with Crippen molar-refractivity contribution in [3.63, 3.8) is 0 Å². The standard InChI is InChI=1S/C23H24N4O2/c1-29-21-9-7-17(8-10-21)14-24-22(28)19-6-4-5-18(13-19)20-15-25-23(26-16-20)27-11-2-3-12-27/h4-10,13,15-16H,2-3,11-12,14H2,1H3,(H,24,28). The van der Waals surface area contributed by atoms with Crippen molar-refractivity contribution in [2.45, 2.75) is 19.4 Å². The van der Waals surface area contributed by atoms with Gasteiger partial charge in [-0.1, -0.05) is 24.3 Å². The number of carbonyl (C=O) groups is 1. The summed E-state index contributed by atoms with van der Waals surface area (Å²) in [7, 11) is 1.63. The van der Waals surface area contributed by atoms with Crippen molar-refractivity contribution in [1.29, 1.82) is 0 Å². The first-order valence-electron chi connectivity index (χ1n) is 9.81. The number of anilines is 1. The zero-order valence-electron chi connectivity index (χ0n) is 16.5. The van der Waals surface area contributed by atoms with E-state index in [1.165, 1.54) is 12.8 Å². The van der Waals surface area contributed by atoms with Crippen LogP contribution in [0.3, 0.4) is 0 Å². The van der Waals surface area contributed by atoms with Crippen molar-refractivity contribution in [2.75, 3.05) is 25.1 Å². The molecule has 29 heavy (non-hydrogen) atoms. The first-order chi connectivity index (χ1) is 14.2. The van der Waals surface area contributed by atoms with Crippen molar-refractivity contribution < 1.29 is 9.53 Å². The SMILES string of the molecule is COc1ccc(CNC(=O)c2cccc(-c3cnc(N4CCCC4)nc3)c2)cc1. The van der Waals surface area contributed by atoms with Gasteiger partial charge in [0.05, 0.1) is 7.11 Å². The molecule has 0 saturated carbocycles. The molecule has 2 aromatic carbocycles. The lowest BCUT2D eigenvalue weighted by Crippen LogP contribution is -2.22. The Morgan fingerprint density at radius 1 is 1.03 bits per heavy atom. The smallest absolute Gasteiger partial charge is 0.251 e. The molecule has 0 atom stereocenters. The second kappa shape index (κ2) is 8.73. The number of benzene rings is 2. The fourth-order valence-electron chi connectivity index (χ4n) is 3.42. The minimum absolute atomic E-state index is 0.114. The fraction of sp³-hybridized carbons (Fsp3) is 0.261. The molecule has 1 aromatic heterocycles. The van der Waals surface area contributed by atoms with Crippen LogP contribution in [-0.4, -0.2) is 36.1 Å². The number of carbonyl (C=O) groups excluding carboxylic acids is 1. The molecule has 0 aliphatic carbocycles. The van der Waals surface area contributed by atoms with Gasteiger partial charge >= 0.3 is 0 Å². The van der Waals surface area contributed by atoms with Gasteiger partial charge in [-0.25, -0.2) is 9.97 Å². The Kier molecular flexibility index (Phi) is 5.70. The largest absolute Gasteiger partial charge is 0.497 e. The summed E-state index contributed by atoms with van der Waals surface area (Å²) in [5.41, 5.74) is 3.45. The molecule has 6 heteroatoms. The Balaban J connectivity index is 1.42. The van der Waals surface area contributed by atoms with Gasteiger partial charge in [-0.15, -0.1) is 0 Å². The van der Waals surface area contributed by atoms with E-state index in [-0.39, 0.29) is 5.91 Å². The highest BCUT2D eigenvalue weighted by Crippen LogP contribution is 2.22. The average Bonchev–Trinajstić information content (AvgIpc) is 3.33. The lowest BCUT2D eigenvalue weighted by Gasteiger charge is -2.14.